The number of amides is 2. The molecule has 1 fully saturated rings. The molecule has 13 heteroatoms. The monoisotopic (exact) mass is 406 g/mol. The number of hydrazine groups is 1. The van der Waals surface area contributed by atoms with Crippen LogP contribution >= 0.6 is 8.46 Å². The number of benzene rings is 1. The second-order valence-electron chi connectivity index (χ2n) is 5.61. The molecule has 3 atom stereocenters. The van der Waals surface area contributed by atoms with E-state index in [1.807, 2.05) is 0 Å². The molecule has 0 aromatic heterocycles. The van der Waals surface area contributed by atoms with E-state index < -0.39 is 42.1 Å². The zero-order valence-electron chi connectivity index (χ0n) is 13.5. The minimum absolute atomic E-state index is 0.0616. The molecule has 26 heavy (non-hydrogen) atoms. The van der Waals surface area contributed by atoms with E-state index in [4.69, 9.17) is 15.1 Å². The molecule has 0 aliphatic carbocycles. The minimum atomic E-state index is -4.72. The Labute approximate surface area is 150 Å². The smallest absolute Gasteiger partial charge is 0.408 e. The van der Waals surface area contributed by atoms with Gasteiger partial charge in [0, 0.05) is 6.54 Å². The highest BCUT2D eigenvalue weighted by Gasteiger charge is 2.53. The van der Waals surface area contributed by atoms with Crippen LogP contribution in [0.25, 0.3) is 0 Å². The van der Waals surface area contributed by atoms with Gasteiger partial charge in [-0.1, -0.05) is 30.3 Å². The fraction of sp³-hybridized carbons (Fsp3) is 0.385. The molecule has 1 heterocycles. The quantitative estimate of drug-likeness (QED) is 0.207. The minimum Gasteiger partial charge on any atom is -0.445 e. The maximum Gasteiger partial charge on any atom is 0.408 e. The summed E-state index contributed by atoms with van der Waals surface area (Å²) < 4.78 is 49.9. The maximum atomic E-state index is 12.4. The topological polar surface area (TPSA) is 168 Å². The van der Waals surface area contributed by atoms with Crippen LogP contribution in [0.1, 0.15) is 12.0 Å². The van der Waals surface area contributed by atoms with Gasteiger partial charge in [0.2, 0.25) is 0 Å². The van der Waals surface area contributed by atoms with E-state index in [1.165, 1.54) is 0 Å². The Morgan fingerprint density at radius 3 is 2.65 bits per heavy atom. The van der Waals surface area contributed by atoms with Crippen molar-refractivity contribution in [3.63, 3.8) is 0 Å². The van der Waals surface area contributed by atoms with Gasteiger partial charge in [-0.2, -0.15) is 13.1 Å². The molecule has 1 aliphatic rings. The molecule has 2 unspecified atom stereocenters. The number of nitrogens with one attached hydrogen (secondary N) is 2. The normalized spacial score (nSPS) is 24.0. The van der Waals surface area contributed by atoms with Gasteiger partial charge in [-0.3, -0.25) is 19.7 Å². The van der Waals surface area contributed by atoms with Gasteiger partial charge in [0.1, 0.15) is 6.61 Å². The molecule has 0 spiro atoms. The van der Waals surface area contributed by atoms with Gasteiger partial charge in [-0.25, -0.2) is 10.6 Å². The van der Waals surface area contributed by atoms with Crippen molar-refractivity contribution in [1.29, 1.82) is 0 Å². The first-order valence-electron chi connectivity index (χ1n) is 7.44. The van der Waals surface area contributed by atoms with Crippen LogP contribution in [0.2, 0.25) is 0 Å². The lowest BCUT2D eigenvalue weighted by Crippen LogP contribution is -2.71. The van der Waals surface area contributed by atoms with Crippen LogP contribution in [0.15, 0.2) is 30.3 Å². The lowest BCUT2D eigenvalue weighted by Gasteiger charge is -2.42. The van der Waals surface area contributed by atoms with Crippen molar-refractivity contribution in [3.8, 4) is 0 Å². The molecule has 2 rings (SSSR count). The van der Waals surface area contributed by atoms with E-state index in [0.29, 0.717) is 5.56 Å². The van der Waals surface area contributed by atoms with Gasteiger partial charge >= 0.3 is 16.4 Å². The highest BCUT2D eigenvalue weighted by molar-refractivity contribution is 7.83. The fourth-order valence-electron chi connectivity index (χ4n) is 2.55. The third-order valence-corrected chi connectivity index (χ3v) is 5.57. The number of carbonyl (C=O) groups is 2. The summed E-state index contributed by atoms with van der Waals surface area (Å²) in [7, 11) is -6.78. The molecule has 0 radical (unpaired) electrons. The van der Waals surface area contributed by atoms with Crippen molar-refractivity contribution in [2.24, 2.45) is 5.84 Å². The number of hydrogen-bond acceptors (Lipinski definition) is 7. The van der Waals surface area contributed by atoms with E-state index in [1.54, 1.807) is 35.1 Å². The first kappa shape index (κ1) is 20.3. The van der Waals surface area contributed by atoms with E-state index in [9.17, 15) is 22.6 Å². The summed E-state index contributed by atoms with van der Waals surface area (Å²) >= 11 is 0. The highest BCUT2D eigenvalue weighted by Crippen LogP contribution is 2.32. The van der Waals surface area contributed by atoms with Crippen LogP contribution in [0.5, 0.6) is 0 Å². The van der Waals surface area contributed by atoms with E-state index >= 15 is 0 Å². The summed E-state index contributed by atoms with van der Waals surface area (Å²) in [6.07, 6.45) is -1.15. The summed E-state index contributed by atoms with van der Waals surface area (Å²) in [6, 6.07) is 7.32. The van der Waals surface area contributed by atoms with E-state index in [-0.39, 0.29) is 19.6 Å². The largest absolute Gasteiger partial charge is 0.445 e. The Morgan fingerprint density at radius 1 is 1.42 bits per heavy atom. The molecule has 11 nitrogen and oxygen atoms in total. The van der Waals surface area contributed by atoms with Crippen LogP contribution in [-0.2, 0) is 31.0 Å². The Bertz CT molecular complexity index is 791. The van der Waals surface area contributed by atoms with Crippen LogP contribution in [-0.4, -0.2) is 47.8 Å². The summed E-state index contributed by atoms with van der Waals surface area (Å²) in [5.41, 5.74) is 0.675. The molecule has 1 aromatic rings. The Hall–Kier alpha value is -1.98. The highest BCUT2D eigenvalue weighted by atomic mass is 32.2. The summed E-state index contributed by atoms with van der Waals surface area (Å²) in [4.78, 5) is 24.5. The number of nitrogens with two attached hydrogens (primary N) is 1. The Kier molecular flexibility index (Phi) is 6.37. The molecule has 5 N–H and O–H groups in total. The number of hydrogen-bond donors (Lipinski definition) is 4. The average molecular weight is 406 g/mol. The van der Waals surface area contributed by atoms with Crippen LogP contribution in [0.3, 0.4) is 0 Å². The second kappa shape index (κ2) is 8.14. The molecular weight excluding hydrogens is 387 g/mol. The molecule has 1 aromatic carbocycles. The van der Waals surface area contributed by atoms with Gasteiger partial charge in [-0.15, -0.1) is 0 Å². The SMILES string of the molecule is NN1CCC(NS(=O)(=O)O)[C@](NC(=O)OCc2ccccc2)([PH2]=O)C1=O. The number of nitrogens with zero attached hydrogens (tertiary/aromatic N) is 1. The summed E-state index contributed by atoms with van der Waals surface area (Å²) in [5.74, 6) is 4.57. The average Bonchev–Trinajstić information content (AvgIpc) is 2.59. The lowest BCUT2D eigenvalue weighted by atomic mass is 9.99. The van der Waals surface area contributed by atoms with Crippen LogP contribution < -0.4 is 15.9 Å². The van der Waals surface area contributed by atoms with Gasteiger partial charge in [-0.05, 0) is 12.0 Å². The van der Waals surface area contributed by atoms with Gasteiger partial charge < -0.3 is 9.30 Å². The van der Waals surface area contributed by atoms with Crippen LogP contribution in [0, 0.1) is 0 Å². The van der Waals surface area contributed by atoms with Crippen molar-refractivity contribution in [2.75, 3.05) is 6.54 Å². The predicted molar refractivity (Wildman–Crippen MR) is 91.9 cm³/mol. The first-order chi connectivity index (χ1) is 12.2. The first-order valence-corrected chi connectivity index (χ1v) is 9.93. The third kappa shape index (κ3) is 4.80. The van der Waals surface area contributed by atoms with Crippen molar-refractivity contribution in [2.45, 2.75) is 24.3 Å². The predicted octanol–water partition coefficient (Wildman–Crippen LogP) is -0.768. The van der Waals surface area contributed by atoms with Crippen molar-refractivity contribution < 1.29 is 31.9 Å². The molecule has 2 amide bonds. The van der Waals surface area contributed by atoms with Crippen molar-refractivity contribution in [3.05, 3.63) is 35.9 Å². The molecule has 1 aliphatic heterocycles. The van der Waals surface area contributed by atoms with Crippen molar-refractivity contribution >= 4 is 30.8 Å². The van der Waals surface area contributed by atoms with Gasteiger partial charge in [0.05, 0.1) is 14.5 Å². The summed E-state index contributed by atoms with van der Waals surface area (Å²) in [5, 5.41) is 0.744. The molecular formula is C13H19N4O7PS. The Morgan fingerprint density at radius 2 is 2.08 bits per heavy atom. The number of piperidine rings is 1. The van der Waals surface area contributed by atoms with E-state index in [2.05, 4.69) is 5.32 Å². The van der Waals surface area contributed by atoms with Gasteiger partial charge in [0.15, 0.2) is 5.28 Å². The number of ether oxygens (including phenoxy) is 1. The number of rotatable bonds is 6. The fourth-order valence-corrected chi connectivity index (χ4v) is 4.19. The van der Waals surface area contributed by atoms with Gasteiger partial charge in [0.25, 0.3) is 5.91 Å². The summed E-state index contributed by atoms with van der Waals surface area (Å²) in [6.45, 7) is -0.179. The lowest BCUT2D eigenvalue weighted by molar-refractivity contribution is -0.138. The zero-order chi connectivity index (χ0) is 19.4. The third-order valence-electron chi connectivity index (χ3n) is 3.82. The molecule has 0 saturated carbocycles. The molecule has 0 bridgehead atoms. The van der Waals surface area contributed by atoms with Crippen molar-refractivity contribution in [1.82, 2.24) is 15.0 Å². The Balaban J connectivity index is 2.18. The molecule has 144 valence electrons. The maximum absolute atomic E-state index is 12.4. The van der Waals surface area contributed by atoms with E-state index in [0.717, 1.165) is 5.01 Å². The standard InChI is InChI=1S/C13H19N4O7PS/c14-17-7-6-10(16-26(21,22)23)13(25-20,11(17)18)15-12(19)24-8-9-4-2-1-3-5-9/h1-5,10,16H,6-8,14,25H2,(H,15,19)(H,21,22,23)/t10?,13-/m0/s1. The van der Waals surface area contributed by atoms with Crippen LogP contribution in [0.4, 0.5) is 4.79 Å². The molecule has 1 saturated heterocycles. The number of alkyl carbamates (subject to hydrolysis) is 1. The second-order valence-corrected chi connectivity index (χ2v) is 7.94. The number of carbonyl (C=O) groups excluding carboxylic acids is 2. The zero-order valence-corrected chi connectivity index (χ0v) is 15.5.